The lowest BCUT2D eigenvalue weighted by molar-refractivity contribution is -0.122. The van der Waals surface area contributed by atoms with Crippen LogP contribution < -0.4 is 10.1 Å². The Labute approximate surface area is 144 Å². The first kappa shape index (κ1) is 16.1. The summed E-state index contributed by atoms with van der Waals surface area (Å²) in [6.07, 6.45) is 3.07. The molecule has 0 fully saturated rings. The van der Waals surface area contributed by atoms with E-state index in [9.17, 15) is 4.79 Å². The molecule has 3 rings (SSSR count). The van der Waals surface area contributed by atoms with Crippen molar-refractivity contribution in [2.24, 2.45) is 0 Å². The molecule has 5 nitrogen and oxygen atoms in total. The standard InChI is InChI=1S/C18H17N3O2S/c1-3-8-19-15(22)9-23-17-16-14(10-24-18(16)21-11-20-17)13-6-4-12(2)5-7-13/h3-7,10-11H,1,8-9H2,2H3,(H,19,22). The number of hydrogen-bond donors (Lipinski definition) is 1. The average Bonchev–Trinajstić information content (AvgIpc) is 3.03. The van der Waals surface area contributed by atoms with E-state index in [0.717, 1.165) is 21.3 Å². The summed E-state index contributed by atoms with van der Waals surface area (Å²) in [5.41, 5.74) is 3.28. The van der Waals surface area contributed by atoms with E-state index >= 15 is 0 Å². The van der Waals surface area contributed by atoms with Gasteiger partial charge < -0.3 is 10.1 Å². The summed E-state index contributed by atoms with van der Waals surface area (Å²) in [5.74, 6) is 0.208. The van der Waals surface area contributed by atoms with Crippen LogP contribution in [-0.2, 0) is 4.79 Å². The molecular formula is C18H17N3O2S. The van der Waals surface area contributed by atoms with Crippen molar-refractivity contribution in [2.75, 3.05) is 13.2 Å². The van der Waals surface area contributed by atoms with Crippen molar-refractivity contribution in [1.29, 1.82) is 0 Å². The van der Waals surface area contributed by atoms with Crippen LogP contribution >= 0.6 is 11.3 Å². The number of nitrogens with one attached hydrogen (secondary N) is 1. The van der Waals surface area contributed by atoms with Gasteiger partial charge in [-0.3, -0.25) is 4.79 Å². The van der Waals surface area contributed by atoms with Crippen LogP contribution in [0, 0.1) is 6.92 Å². The van der Waals surface area contributed by atoms with E-state index in [-0.39, 0.29) is 12.5 Å². The maximum atomic E-state index is 11.7. The largest absolute Gasteiger partial charge is 0.467 e. The number of nitrogens with zero attached hydrogens (tertiary/aromatic N) is 2. The molecule has 1 N–H and O–H groups in total. The molecular weight excluding hydrogens is 322 g/mol. The van der Waals surface area contributed by atoms with Gasteiger partial charge in [0.1, 0.15) is 11.2 Å². The Kier molecular flexibility index (Phi) is 4.86. The summed E-state index contributed by atoms with van der Waals surface area (Å²) in [6, 6.07) is 8.24. The quantitative estimate of drug-likeness (QED) is 0.700. The Balaban J connectivity index is 1.91. The Morgan fingerprint density at radius 1 is 1.33 bits per heavy atom. The third kappa shape index (κ3) is 3.44. The van der Waals surface area contributed by atoms with E-state index in [0.29, 0.717) is 12.4 Å². The summed E-state index contributed by atoms with van der Waals surface area (Å²) in [7, 11) is 0. The zero-order valence-electron chi connectivity index (χ0n) is 13.3. The first-order valence-electron chi connectivity index (χ1n) is 7.48. The van der Waals surface area contributed by atoms with Gasteiger partial charge in [-0.1, -0.05) is 35.9 Å². The van der Waals surface area contributed by atoms with Crippen molar-refractivity contribution in [2.45, 2.75) is 6.92 Å². The molecule has 0 atom stereocenters. The van der Waals surface area contributed by atoms with E-state index < -0.39 is 0 Å². The van der Waals surface area contributed by atoms with E-state index in [4.69, 9.17) is 4.74 Å². The predicted octanol–water partition coefficient (Wildman–Crippen LogP) is 3.35. The van der Waals surface area contributed by atoms with Gasteiger partial charge in [-0.2, -0.15) is 0 Å². The molecule has 2 heterocycles. The zero-order valence-corrected chi connectivity index (χ0v) is 14.1. The second kappa shape index (κ2) is 7.23. The van der Waals surface area contributed by atoms with Crippen LogP contribution in [0.1, 0.15) is 5.56 Å². The SMILES string of the molecule is C=CCNC(=O)COc1ncnc2scc(-c3ccc(C)cc3)c12. The molecule has 6 heteroatoms. The number of thiophene rings is 1. The molecule has 0 aliphatic rings. The number of aryl methyl sites for hydroxylation is 1. The number of hydrogen-bond acceptors (Lipinski definition) is 5. The molecule has 0 saturated heterocycles. The van der Waals surface area contributed by atoms with E-state index in [1.807, 2.05) is 5.38 Å². The molecule has 0 unspecified atom stereocenters. The maximum Gasteiger partial charge on any atom is 0.258 e. The monoisotopic (exact) mass is 339 g/mol. The van der Waals surface area contributed by atoms with Crippen LogP contribution in [0.25, 0.3) is 21.3 Å². The van der Waals surface area contributed by atoms with Crippen molar-refractivity contribution in [3.63, 3.8) is 0 Å². The highest BCUT2D eigenvalue weighted by Crippen LogP contribution is 2.37. The second-order valence-corrected chi connectivity index (χ2v) is 6.11. The van der Waals surface area contributed by atoms with Gasteiger partial charge in [0.15, 0.2) is 6.61 Å². The van der Waals surface area contributed by atoms with Crippen LogP contribution in [0.3, 0.4) is 0 Å². The molecule has 0 aliphatic heterocycles. The van der Waals surface area contributed by atoms with Crippen LogP contribution in [-0.4, -0.2) is 29.0 Å². The third-order valence-corrected chi connectivity index (χ3v) is 4.37. The van der Waals surface area contributed by atoms with Crippen molar-refractivity contribution >= 4 is 27.5 Å². The molecule has 1 aromatic carbocycles. The summed E-state index contributed by atoms with van der Waals surface area (Å²) < 4.78 is 5.63. The molecule has 0 spiro atoms. The number of carbonyl (C=O) groups is 1. The first-order chi connectivity index (χ1) is 11.7. The van der Waals surface area contributed by atoms with Gasteiger partial charge in [-0.25, -0.2) is 9.97 Å². The first-order valence-corrected chi connectivity index (χ1v) is 8.36. The van der Waals surface area contributed by atoms with Crippen molar-refractivity contribution in [3.05, 3.63) is 54.2 Å². The van der Waals surface area contributed by atoms with Crippen LogP contribution in [0.5, 0.6) is 5.88 Å². The fourth-order valence-corrected chi connectivity index (χ4v) is 3.18. The minimum absolute atomic E-state index is 0.0941. The van der Waals surface area contributed by atoms with Crippen LogP contribution in [0.15, 0.2) is 48.6 Å². The fourth-order valence-electron chi connectivity index (χ4n) is 2.27. The highest BCUT2D eigenvalue weighted by atomic mass is 32.1. The van der Waals surface area contributed by atoms with Crippen LogP contribution in [0.4, 0.5) is 0 Å². The smallest absolute Gasteiger partial charge is 0.258 e. The summed E-state index contributed by atoms with van der Waals surface area (Å²) in [5, 5.41) is 5.55. The highest BCUT2D eigenvalue weighted by molar-refractivity contribution is 7.17. The molecule has 0 saturated carbocycles. The second-order valence-electron chi connectivity index (χ2n) is 5.26. The number of ether oxygens (including phenoxy) is 1. The number of benzene rings is 1. The normalized spacial score (nSPS) is 10.5. The lowest BCUT2D eigenvalue weighted by atomic mass is 10.0. The van der Waals surface area contributed by atoms with Gasteiger partial charge in [0.25, 0.3) is 5.91 Å². The van der Waals surface area contributed by atoms with Gasteiger partial charge in [0, 0.05) is 17.5 Å². The molecule has 24 heavy (non-hydrogen) atoms. The lowest BCUT2D eigenvalue weighted by Gasteiger charge is -2.08. The molecule has 0 radical (unpaired) electrons. The number of fused-ring (bicyclic) bond motifs is 1. The minimum atomic E-state index is -0.214. The number of rotatable bonds is 6. The molecule has 3 aromatic rings. The summed E-state index contributed by atoms with van der Waals surface area (Å²) >= 11 is 1.53. The third-order valence-electron chi connectivity index (χ3n) is 3.48. The molecule has 0 aliphatic carbocycles. The molecule has 2 aromatic heterocycles. The maximum absolute atomic E-state index is 11.7. The average molecular weight is 339 g/mol. The van der Waals surface area contributed by atoms with Gasteiger partial charge in [-0.15, -0.1) is 17.9 Å². The van der Waals surface area contributed by atoms with E-state index in [1.54, 1.807) is 6.08 Å². The molecule has 1 amide bonds. The van der Waals surface area contributed by atoms with E-state index in [2.05, 4.69) is 53.1 Å². The van der Waals surface area contributed by atoms with Gasteiger partial charge >= 0.3 is 0 Å². The Morgan fingerprint density at radius 3 is 2.88 bits per heavy atom. The Morgan fingerprint density at radius 2 is 2.12 bits per heavy atom. The predicted molar refractivity (Wildman–Crippen MR) is 96.3 cm³/mol. The Bertz CT molecular complexity index is 872. The lowest BCUT2D eigenvalue weighted by Crippen LogP contribution is -2.29. The summed E-state index contributed by atoms with van der Waals surface area (Å²) in [4.78, 5) is 21.1. The Hall–Kier alpha value is -2.73. The highest BCUT2D eigenvalue weighted by Gasteiger charge is 2.15. The molecule has 0 bridgehead atoms. The van der Waals surface area contributed by atoms with Crippen molar-refractivity contribution < 1.29 is 9.53 Å². The summed E-state index contributed by atoms with van der Waals surface area (Å²) in [6.45, 7) is 5.93. The zero-order chi connectivity index (χ0) is 16.9. The van der Waals surface area contributed by atoms with Gasteiger partial charge in [0.2, 0.25) is 5.88 Å². The van der Waals surface area contributed by atoms with E-state index in [1.165, 1.54) is 23.2 Å². The van der Waals surface area contributed by atoms with Gasteiger partial charge in [-0.05, 0) is 12.5 Å². The number of amides is 1. The topological polar surface area (TPSA) is 64.1 Å². The fraction of sp³-hybridized carbons (Fsp3) is 0.167. The van der Waals surface area contributed by atoms with Crippen molar-refractivity contribution in [1.82, 2.24) is 15.3 Å². The number of carbonyl (C=O) groups excluding carboxylic acids is 1. The minimum Gasteiger partial charge on any atom is -0.467 e. The van der Waals surface area contributed by atoms with Crippen LogP contribution in [0.2, 0.25) is 0 Å². The molecule has 122 valence electrons. The van der Waals surface area contributed by atoms with Crippen molar-refractivity contribution in [3.8, 4) is 17.0 Å². The number of aromatic nitrogens is 2. The van der Waals surface area contributed by atoms with Gasteiger partial charge in [0.05, 0.1) is 5.39 Å².